The molecule has 2 fully saturated rings. The van der Waals surface area contributed by atoms with Crippen molar-refractivity contribution in [3.8, 4) is 0 Å². The number of fused-ring (bicyclic) bond motifs is 2. The Kier molecular flexibility index (Phi) is 3.16. The van der Waals surface area contributed by atoms with E-state index in [4.69, 9.17) is 4.74 Å². The van der Waals surface area contributed by atoms with Crippen molar-refractivity contribution in [2.24, 2.45) is 0 Å². The Labute approximate surface area is 110 Å². The van der Waals surface area contributed by atoms with Gasteiger partial charge in [0, 0.05) is 12.1 Å². The first-order valence-corrected chi connectivity index (χ1v) is 7.11. The van der Waals surface area contributed by atoms with Crippen LogP contribution < -0.4 is 5.32 Å². The van der Waals surface area contributed by atoms with Crippen molar-refractivity contribution in [2.45, 2.75) is 64.3 Å². The lowest BCUT2D eigenvalue weighted by Gasteiger charge is -2.25. The van der Waals surface area contributed by atoms with Crippen LogP contribution in [0.2, 0.25) is 0 Å². The van der Waals surface area contributed by atoms with Gasteiger partial charge < -0.3 is 10.1 Å². The summed E-state index contributed by atoms with van der Waals surface area (Å²) in [5.74, 6) is 0. The van der Waals surface area contributed by atoms with Crippen molar-refractivity contribution >= 4 is 0 Å². The molecule has 18 heavy (non-hydrogen) atoms. The second-order valence-electron chi connectivity index (χ2n) is 6.03. The fourth-order valence-electron chi connectivity index (χ4n) is 3.49. The molecule has 0 spiro atoms. The van der Waals surface area contributed by atoms with E-state index in [9.17, 15) is 0 Å². The van der Waals surface area contributed by atoms with Crippen LogP contribution in [-0.2, 0) is 4.74 Å². The molecule has 0 aliphatic carbocycles. The van der Waals surface area contributed by atoms with Crippen LogP contribution in [0.15, 0.2) is 18.2 Å². The van der Waals surface area contributed by atoms with E-state index in [1.54, 1.807) is 0 Å². The largest absolute Gasteiger partial charge is 0.373 e. The number of ether oxygens (including phenoxy) is 1. The molecule has 98 valence electrons. The van der Waals surface area contributed by atoms with Crippen LogP contribution in [0, 0.1) is 13.8 Å². The fourth-order valence-corrected chi connectivity index (χ4v) is 3.49. The first-order valence-electron chi connectivity index (χ1n) is 7.11. The molecule has 4 unspecified atom stereocenters. The third-order valence-corrected chi connectivity index (χ3v) is 4.31. The zero-order valence-electron chi connectivity index (χ0n) is 11.6. The topological polar surface area (TPSA) is 21.3 Å². The van der Waals surface area contributed by atoms with Crippen LogP contribution in [0.1, 0.15) is 48.9 Å². The Bertz CT molecular complexity index is 422. The molecular weight excluding hydrogens is 222 g/mol. The normalized spacial score (nSPS) is 31.8. The van der Waals surface area contributed by atoms with Crippen LogP contribution >= 0.6 is 0 Å². The summed E-state index contributed by atoms with van der Waals surface area (Å²) >= 11 is 0. The summed E-state index contributed by atoms with van der Waals surface area (Å²) in [4.78, 5) is 0. The minimum Gasteiger partial charge on any atom is -0.373 e. The number of hydrogen-bond acceptors (Lipinski definition) is 2. The smallest absolute Gasteiger partial charge is 0.0733 e. The second-order valence-corrected chi connectivity index (χ2v) is 6.03. The lowest BCUT2D eigenvalue weighted by Crippen LogP contribution is -2.39. The lowest BCUT2D eigenvalue weighted by atomic mass is 9.94. The molecule has 1 aromatic carbocycles. The molecule has 2 bridgehead atoms. The maximum absolute atomic E-state index is 5.91. The highest BCUT2D eigenvalue weighted by Gasteiger charge is 2.40. The van der Waals surface area contributed by atoms with Gasteiger partial charge in [-0.2, -0.15) is 0 Å². The van der Waals surface area contributed by atoms with E-state index in [-0.39, 0.29) is 0 Å². The van der Waals surface area contributed by atoms with E-state index in [2.05, 4.69) is 44.3 Å². The van der Waals surface area contributed by atoms with Gasteiger partial charge in [-0.1, -0.05) is 29.3 Å². The van der Waals surface area contributed by atoms with E-state index in [0.717, 1.165) is 0 Å². The number of aryl methyl sites for hydroxylation is 2. The van der Waals surface area contributed by atoms with Gasteiger partial charge >= 0.3 is 0 Å². The summed E-state index contributed by atoms with van der Waals surface area (Å²) in [5, 5.41) is 3.76. The second kappa shape index (κ2) is 4.67. The van der Waals surface area contributed by atoms with Gasteiger partial charge in [-0.3, -0.25) is 0 Å². The van der Waals surface area contributed by atoms with Crippen molar-refractivity contribution in [1.82, 2.24) is 5.32 Å². The molecule has 4 atom stereocenters. The molecule has 1 aromatic rings. The molecule has 2 saturated heterocycles. The van der Waals surface area contributed by atoms with Crippen LogP contribution in [0.25, 0.3) is 0 Å². The quantitative estimate of drug-likeness (QED) is 0.882. The number of benzene rings is 1. The maximum atomic E-state index is 5.91. The first-order chi connectivity index (χ1) is 8.61. The van der Waals surface area contributed by atoms with Gasteiger partial charge in [0.2, 0.25) is 0 Å². The van der Waals surface area contributed by atoms with E-state index in [1.807, 2.05) is 0 Å². The van der Waals surface area contributed by atoms with E-state index in [1.165, 1.54) is 36.0 Å². The van der Waals surface area contributed by atoms with E-state index < -0.39 is 0 Å². The van der Waals surface area contributed by atoms with E-state index >= 15 is 0 Å². The maximum Gasteiger partial charge on any atom is 0.0733 e. The number of hydrogen-bond donors (Lipinski definition) is 1. The molecule has 3 rings (SSSR count). The highest BCUT2D eigenvalue weighted by molar-refractivity contribution is 5.30. The van der Waals surface area contributed by atoms with Crippen molar-refractivity contribution in [3.63, 3.8) is 0 Å². The van der Waals surface area contributed by atoms with Crippen LogP contribution in [-0.4, -0.2) is 18.2 Å². The van der Waals surface area contributed by atoms with Crippen molar-refractivity contribution < 1.29 is 4.74 Å². The van der Waals surface area contributed by atoms with Gasteiger partial charge in [0.05, 0.1) is 12.2 Å². The molecule has 0 amide bonds. The van der Waals surface area contributed by atoms with E-state index in [0.29, 0.717) is 24.3 Å². The van der Waals surface area contributed by atoms with Crippen LogP contribution in [0.4, 0.5) is 0 Å². The third-order valence-electron chi connectivity index (χ3n) is 4.31. The average Bonchev–Trinajstić information content (AvgIpc) is 2.89. The molecule has 0 radical (unpaired) electrons. The highest BCUT2D eigenvalue weighted by Crippen LogP contribution is 2.35. The third kappa shape index (κ3) is 2.32. The SMILES string of the molecule is Cc1cc(C)cc(C(C)NC2CC3CCC2O3)c1. The Morgan fingerprint density at radius 1 is 1.17 bits per heavy atom. The van der Waals surface area contributed by atoms with Crippen molar-refractivity contribution in [3.05, 3.63) is 34.9 Å². The van der Waals surface area contributed by atoms with Gasteiger partial charge in [0.1, 0.15) is 0 Å². The predicted octanol–water partition coefficient (Wildman–Crippen LogP) is 3.27. The van der Waals surface area contributed by atoms with Crippen LogP contribution in [0.3, 0.4) is 0 Å². The Morgan fingerprint density at radius 2 is 1.89 bits per heavy atom. The Hall–Kier alpha value is -0.860. The Balaban J connectivity index is 1.69. The predicted molar refractivity (Wildman–Crippen MR) is 73.8 cm³/mol. The fraction of sp³-hybridized carbons (Fsp3) is 0.625. The molecule has 0 aromatic heterocycles. The summed E-state index contributed by atoms with van der Waals surface area (Å²) < 4.78 is 5.91. The summed E-state index contributed by atoms with van der Waals surface area (Å²) in [6.07, 6.45) is 4.69. The monoisotopic (exact) mass is 245 g/mol. The molecular formula is C16H23NO. The molecule has 2 heteroatoms. The summed E-state index contributed by atoms with van der Waals surface area (Å²) in [6.45, 7) is 6.61. The van der Waals surface area contributed by atoms with Crippen molar-refractivity contribution in [2.75, 3.05) is 0 Å². The lowest BCUT2D eigenvalue weighted by molar-refractivity contribution is 0.0962. The summed E-state index contributed by atoms with van der Waals surface area (Å²) in [7, 11) is 0. The zero-order chi connectivity index (χ0) is 12.7. The highest BCUT2D eigenvalue weighted by atomic mass is 16.5. The van der Waals surface area contributed by atoms with Gasteiger partial charge in [0.25, 0.3) is 0 Å². The summed E-state index contributed by atoms with van der Waals surface area (Å²) in [6, 6.07) is 7.78. The molecule has 2 aliphatic heterocycles. The zero-order valence-corrected chi connectivity index (χ0v) is 11.6. The molecule has 2 nitrogen and oxygen atoms in total. The molecule has 2 aliphatic rings. The standard InChI is InChI=1S/C16H23NO/c1-10-6-11(2)8-13(7-10)12(3)17-15-9-14-4-5-16(15)18-14/h6-8,12,14-17H,4-5,9H2,1-3H3. The van der Waals surface area contributed by atoms with Gasteiger partial charge in [0.15, 0.2) is 0 Å². The molecule has 1 N–H and O–H groups in total. The van der Waals surface area contributed by atoms with Gasteiger partial charge in [-0.05, 0) is 45.6 Å². The number of nitrogens with one attached hydrogen (secondary N) is 1. The van der Waals surface area contributed by atoms with Crippen LogP contribution in [0.5, 0.6) is 0 Å². The Morgan fingerprint density at radius 3 is 2.44 bits per heavy atom. The van der Waals surface area contributed by atoms with Gasteiger partial charge in [-0.15, -0.1) is 0 Å². The summed E-state index contributed by atoms with van der Waals surface area (Å²) in [5.41, 5.74) is 4.10. The first kappa shape index (κ1) is 12.2. The average molecular weight is 245 g/mol. The molecule has 2 heterocycles. The minimum atomic E-state index is 0.413. The van der Waals surface area contributed by atoms with Crippen molar-refractivity contribution in [1.29, 1.82) is 0 Å². The number of rotatable bonds is 3. The minimum absolute atomic E-state index is 0.413. The molecule has 0 saturated carbocycles. The van der Waals surface area contributed by atoms with Gasteiger partial charge in [-0.25, -0.2) is 0 Å².